The molecular weight excluding hydrogens is 336 g/mol. The van der Waals surface area contributed by atoms with Crippen molar-refractivity contribution in [2.24, 2.45) is 5.73 Å². The van der Waals surface area contributed by atoms with Crippen molar-refractivity contribution in [1.29, 1.82) is 0 Å². The van der Waals surface area contributed by atoms with Crippen molar-refractivity contribution < 1.29 is 23.9 Å². The van der Waals surface area contributed by atoms with E-state index in [1.165, 1.54) is 0 Å². The van der Waals surface area contributed by atoms with E-state index in [0.29, 0.717) is 48.0 Å². The predicted octanol–water partition coefficient (Wildman–Crippen LogP) is 2.34. The molecule has 3 N–H and O–H groups in total. The second-order valence-electron chi connectivity index (χ2n) is 6.85. The van der Waals surface area contributed by atoms with Crippen LogP contribution in [0.5, 0.6) is 0 Å². The Kier molecular flexibility index (Phi) is 7.74. The number of rotatable bonds is 8. The monoisotopic (exact) mass is 364 g/mol. The first kappa shape index (κ1) is 21.6. The topological polar surface area (TPSA) is 116 Å². The van der Waals surface area contributed by atoms with Crippen LogP contribution in [0.25, 0.3) is 0 Å². The molecule has 0 spiro atoms. The predicted molar refractivity (Wildman–Crippen MR) is 97.3 cm³/mol. The van der Waals surface area contributed by atoms with Crippen LogP contribution in [0.4, 0.5) is 4.79 Å². The zero-order chi connectivity index (χ0) is 20.0. The van der Waals surface area contributed by atoms with Gasteiger partial charge in [-0.25, -0.2) is 4.79 Å². The minimum Gasteiger partial charge on any atom is -0.436 e. The molecule has 0 fully saturated rings. The Balaban J connectivity index is 2.65. The molecule has 7 nitrogen and oxygen atoms in total. The van der Waals surface area contributed by atoms with E-state index in [1.54, 1.807) is 34.6 Å². The van der Waals surface area contributed by atoms with E-state index in [9.17, 15) is 19.2 Å². The normalized spacial score (nSPS) is 16.2. The van der Waals surface area contributed by atoms with Gasteiger partial charge in [-0.1, -0.05) is 0 Å². The Morgan fingerprint density at radius 2 is 1.58 bits per heavy atom. The van der Waals surface area contributed by atoms with Crippen LogP contribution in [0.15, 0.2) is 22.3 Å². The van der Waals surface area contributed by atoms with Gasteiger partial charge in [0.25, 0.3) is 5.91 Å². The fourth-order valence-electron chi connectivity index (χ4n) is 2.85. The van der Waals surface area contributed by atoms with Crippen molar-refractivity contribution >= 4 is 23.6 Å². The summed E-state index contributed by atoms with van der Waals surface area (Å²) in [7, 11) is 0. The third kappa shape index (κ3) is 5.54. The van der Waals surface area contributed by atoms with Crippen molar-refractivity contribution in [3.63, 3.8) is 0 Å². The summed E-state index contributed by atoms with van der Waals surface area (Å²) in [6.07, 6.45) is -0.0936. The summed E-state index contributed by atoms with van der Waals surface area (Å²) in [5.74, 6) is -0.585. The number of ketones is 2. The number of carbonyl (C=O) groups excluding carboxylic acids is 4. The van der Waals surface area contributed by atoms with Gasteiger partial charge in [0.2, 0.25) is 0 Å². The third-order valence-electron chi connectivity index (χ3n) is 4.44. The maximum atomic E-state index is 12.4. The van der Waals surface area contributed by atoms with E-state index in [0.717, 1.165) is 0 Å². The van der Waals surface area contributed by atoms with Crippen LogP contribution >= 0.6 is 0 Å². The van der Waals surface area contributed by atoms with E-state index in [2.05, 4.69) is 5.32 Å². The molecule has 0 unspecified atom stereocenters. The average molecular weight is 364 g/mol. The minimum atomic E-state index is -1.00. The van der Waals surface area contributed by atoms with Gasteiger partial charge in [-0.3, -0.25) is 14.4 Å². The molecule has 144 valence electrons. The van der Waals surface area contributed by atoms with Crippen molar-refractivity contribution in [3.05, 3.63) is 22.3 Å². The molecule has 1 aliphatic carbocycles. The Morgan fingerprint density at radius 3 is 2.12 bits per heavy atom. The van der Waals surface area contributed by atoms with Crippen LogP contribution in [-0.2, 0) is 19.1 Å². The van der Waals surface area contributed by atoms with Gasteiger partial charge in [-0.2, -0.15) is 0 Å². The third-order valence-corrected chi connectivity index (χ3v) is 4.44. The van der Waals surface area contributed by atoms with Crippen molar-refractivity contribution in [1.82, 2.24) is 5.32 Å². The Morgan fingerprint density at radius 1 is 1.00 bits per heavy atom. The number of nitrogens with one attached hydrogen (secondary N) is 1. The zero-order valence-electron chi connectivity index (χ0n) is 16.1. The standard InChI is InChI=1S/C19H28N2O5/c1-10(2)21-18(24)15(26-19(20)25)9-7-6-8-14-13(5)16(22)11(3)12(4)17(14)23/h10,15H,6-9H2,1-5H3,(H2,20,25)(H,21,24)/t15-/m0/s1. The first-order chi connectivity index (χ1) is 12.1. The molecule has 0 bridgehead atoms. The lowest BCUT2D eigenvalue weighted by molar-refractivity contribution is -0.130. The lowest BCUT2D eigenvalue weighted by atomic mass is 9.84. The molecule has 2 amide bonds. The fraction of sp³-hybridized carbons (Fsp3) is 0.579. The molecule has 26 heavy (non-hydrogen) atoms. The maximum absolute atomic E-state index is 12.4. The molecule has 0 saturated heterocycles. The average Bonchev–Trinajstić information content (AvgIpc) is 2.55. The zero-order valence-corrected chi connectivity index (χ0v) is 16.1. The van der Waals surface area contributed by atoms with Crippen LogP contribution in [-0.4, -0.2) is 35.7 Å². The molecule has 1 atom stereocenters. The highest BCUT2D eigenvalue weighted by molar-refractivity contribution is 6.24. The number of allylic oxidation sites excluding steroid dienone is 4. The Bertz CT molecular complexity index is 673. The molecule has 0 aromatic rings. The highest BCUT2D eigenvalue weighted by atomic mass is 16.6. The molecule has 0 saturated carbocycles. The smallest absolute Gasteiger partial charge is 0.405 e. The van der Waals surface area contributed by atoms with Gasteiger partial charge in [-0.05, 0) is 60.3 Å². The van der Waals surface area contributed by atoms with E-state index >= 15 is 0 Å². The molecule has 0 aromatic heterocycles. The SMILES string of the molecule is CC1=C(C)C(=O)C(CCCC[C@H](OC(N)=O)C(=O)NC(C)C)=C(C)C1=O. The van der Waals surface area contributed by atoms with Gasteiger partial charge in [0.1, 0.15) is 0 Å². The molecule has 1 aliphatic rings. The number of Topliss-reactive ketones (excluding diaryl/α,β-unsaturated/α-hetero) is 2. The quantitative estimate of drug-likeness (QED) is 0.506. The van der Waals surface area contributed by atoms with Crippen LogP contribution in [0, 0.1) is 0 Å². The van der Waals surface area contributed by atoms with E-state index < -0.39 is 18.1 Å². The first-order valence-electron chi connectivity index (χ1n) is 8.79. The minimum absolute atomic E-state index is 0.0850. The summed E-state index contributed by atoms with van der Waals surface area (Å²) in [4.78, 5) is 47.6. The second-order valence-corrected chi connectivity index (χ2v) is 6.85. The van der Waals surface area contributed by atoms with Crippen molar-refractivity contribution in [2.75, 3.05) is 0 Å². The van der Waals surface area contributed by atoms with Gasteiger partial charge >= 0.3 is 6.09 Å². The number of nitrogens with two attached hydrogens (primary N) is 1. The van der Waals surface area contributed by atoms with Gasteiger partial charge in [0.15, 0.2) is 17.7 Å². The van der Waals surface area contributed by atoms with Crippen molar-refractivity contribution in [2.45, 2.75) is 72.4 Å². The number of hydrogen-bond acceptors (Lipinski definition) is 5. The van der Waals surface area contributed by atoms with Crippen LogP contribution in [0.1, 0.15) is 60.3 Å². The Labute approximate surface area is 154 Å². The highest BCUT2D eigenvalue weighted by Gasteiger charge is 2.27. The summed E-state index contributed by atoms with van der Waals surface area (Å²) in [5.41, 5.74) is 7.02. The number of unbranched alkanes of at least 4 members (excludes halogenated alkanes) is 1. The van der Waals surface area contributed by atoms with E-state index in [-0.39, 0.29) is 17.6 Å². The van der Waals surface area contributed by atoms with E-state index in [4.69, 9.17) is 10.5 Å². The summed E-state index contributed by atoms with van der Waals surface area (Å²) < 4.78 is 4.88. The maximum Gasteiger partial charge on any atom is 0.405 e. The lowest BCUT2D eigenvalue weighted by Gasteiger charge is -2.20. The molecule has 0 aromatic carbocycles. The number of hydrogen-bond donors (Lipinski definition) is 2. The van der Waals surface area contributed by atoms with Crippen LogP contribution < -0.4 is 11.1 Å². The molecule has 0 heterocycles. The van der Waals surface area contributed by atoms with Gasteiger partial charge in [0, 0.05) is 28.3 Å². The summed E-state index contributed by atoms with van der Waals surface area (Å²) >= 11 is 0. The fourth-order valence-corrected chi connectivity index (χ4v) is 2.85. The van der Waals surface area contributed by atoms with Crippen LogP contribution in [0.3, 0.4) is 0 Å². The lowest BCUT2D eigenvalue weighted by Crippen LogP contribution is -2.41. The summed E-state index contributed by atoms with van der Waals surface area (Å²) in [6, 6.07) is -0.0850. The van der Waals surface area contributed by atoms with Crippen LogP contribution in [0.2, 0.25) is 0 Å². The highest BCUT2D eigenvalue weighted by Crippen LogP contribution is 2.27. The number of carbonyl (C=O) groups is 4. The number of ether oxygens (including phenoxy) is 1. The van der Waals surface area contributed by atoms with Gasteiger partial charge in [0.05, 0.1) is 0 Å². The number of primary amides is 1. The summed E-state index contributed by atoms with van der Waals surface area (Å²) in [6.45, 7) is 8.60. The molecule has 1 rings (SSSR count). The second kappa shape index (κ2) is 9.31. The van der Waals surface area contributed by atoms with Gasteiger partial charge < -0.3 is 15.8 Å². The Hall–Kier alpha value is -2.44. The van der Waals surface area contributed by atoms with E-state index in [1.807, 2.05) is 0 Å². The first-order valence-corrected chi connectivity index (χ1v) is 8.79. The molecule has 7 heteroatoms. The van der Waals surface area contributed by atoms with Crippen molar-refractivity contribution in [3.8, 4) is 0 Å². The summed E-state index contributed by atoms with van der Waals surface area (Å²) in [5, 5.41) is 2.68. The molecule has 0 aliphatic heterocycles. The molecule has 0 radical (unpaired) electrons. The number of amides is 2. The van der Waals surface area contributed by atoms with Gasteiger partial charge in [-0.15, -0.1) is 0 Å². The largest absolute Gasteiger partial charge is 0.436 e. The molecular formula is C19H28N2O5.